The fraction of sp³-hybridized carbons (Fsp3) is 0. The molecule has 0 bridgehead atoms. The Balaban J connectivity index is 2.82. The molecule has 2 heterocycles. The predicted molar refractivity (Wildman–Crippen MR) is 41.2 cm³/mol. The van der Waals surface area contributed by atoms with Crippen molar-refractivity contribution in [1.82, 2.24) is 9.97 Å². The lowest BCUT2D eigenvalue weighted by Crippen LogP contribution is -1.80. The average molecular weight is 170 g/mol. The van der Waals surface area contributed by atoms with Gasteiger partial charge >= 0.3 is 0 Å². The van der Waals surface area contributed by atoms with Gasteiger partial charge in [-0.05, 0) is 6.07 Å². The molecule has 0 radical (unpaired) electrons. The van der Waals surface area contributed by atoms with Gasteiger partial charge in [0, 0.05) is 6.20 Å². The van der Waals surface area contributed by atoms with Gasteiger partial charge in [-0.1, -0.05) is 11.6 Å². The number of oxazole rings is 1. The lowest BCUT2D eigenvalue weighted by molar-refractivity contribution is 0.614. The maximum atomic E-state index is 5.64. The van der Waals surface area contributed by atoms with Gasteiger partial charge < -0.3 is 10.2 Å². The van der Waals surface area contributed by atoms with Crippen molar-refractivity contribution >= 4 is 28.8 Å². The van der Waals surface area contributed by atoms with Gasteiger partial charge in [-0.25, -0.2) is 4.98 Å². The molecule has 0 amide bonds. The molecule has 0 aliphatic carbocycles. The van der Waals surface area contributed by atoms with E-state index in [-0.39, 0.29) is 6.01 Å². The monoisotopic (exact) mass is 169 g/mol. The fourth-order valence-electron chi connectivity index (χ4n) is 0.815. The lowest BCUT2D eigenvalue weighted by atomic mass is 10.4. The second kappa shape index (κ2) is 2.10. The van der Waals surface area contributed by atoms with Crippen LogP contribution in [0.2, 0.25) is 5.02 Å². The van der Waals surface area contributed by atoms with Crippen molar-refractivity contribution in [3.05, 3.63) is 17.3 Å². The summed E-state index contributed by atoms with van der Waals surface area (Å²) in [5.74, 6) is 0. The smallest absolute Gasteiger partial charge is 0.294 e. The molecule has 2 rings (SSSR count). The van der Waals surface area contributed by atoms with Crippen molar-refractivity contribution in [2.75, 3.05) is 5.73 Å². The minimum atomic E-state index is 0.106. The van der Waals surface area contributed by atoms with Crippen LogP contribution in [0, 0.1) is 0 Å². The Hall–Kier alpha value is -1.29. The lowest BCUT2D eigenvalue weighted by Gasteiger charge is -1.84. The summed E-state index contributed by atoms with van der Waals surface area (Å²) in [5, 5.41) is 0.519. The normalized spacial score (nSPS) is 10.6. The maximum absolute atomic E-state index is 5.64. The van der Waals surface area contributed by atoms with Crippen LogP contribution >= 0.6 is 11.6 Å². The van der Waals surface area contributed by atoms with E-state index in [1.807, 2.05) is 0 Å². The SMILES string of the molecule is Nc1nc2cc(Cl)cnc2o1. The van der Waals surface area contributed by atoms with E-state index < -0.39 is 0 Å². The fourth-order valence-corrected chi connectivity index (χ4v) is 0.968. The van der Waals surface area contributed by atoms with Gasteiger partial charge in [0.2, 0.25) is 5.71 Å². The molecule has 0 unspecified atom stereocenters. The van der Waals surface area contributed by atoms with Crippen LogP contribution in [0.1, 0.15) is 0 Å². The Labute approximate surface area is 67.0 Å². The number of fused-ring (bicyclic) bond motifs is 1. The molecule has 0 aromatic carbocycles. The van der Waals surface area contributed by atoms with Crippen LogP contribution in [-0.4, -0.2) is 9.97 Å². The average Bonchev–Trinajstić information content (AvgIpc) is 2.27. The van der Waals surface area contributed by atoms with Gasteiger partial charge in [-0.15, -0.1) is 0 Å². The number of pyridine rings is 1. The van der Waals surface area contributed by atoms with Crippen LogP contribution < -0.4 is 5.73 Å². The second-order valence-corrected chi connectivity index (χ2v) is 2.47. The first-order valence-corrected chi connectivity index (χ1v) is 3.31. The number of anilines is 1. The molecule has 2 aromatic rings. The number of halogens is 1. The molecule has 5 heteroatoms. The highest BCUT2D eigenvalue weighted by Crippen LogP contribution is 2.17. The highest BCUT2D eigenvalue weighted by molar-refractivity contribution is 6.30. The number of hydrogen-bond donors (Lipinski definition) is 1. The zero-order valence-corrected chi connectivity index (χ0v) is 6.17. The molecule has 0 atom stereocenters. The van der Waals surface area contributed by atoms with E-state index in [9.17, 15) is 0 Å². The first-order chi connectivity index (χ1) is 5.25. The number of nitrogen functional groups attached to an aromatic ring is 1. The van der Waals surface area contributed by atoms with Crippen molar-refractivity contribution in [3.8, 4) is 0 Å². The van der Waals surface area contributed by atoms with E-state index in [2.05, 4.69) is 9.97 Å². The minimum Gasteiger partial charge on any atom is -0.405 e. The molecular formula is C6H4ClN3O. The van der Waals surface area contributed by atoms with Crippen LogP contribution in [0.4, 0.5) is 6.01 Å². The van der Waals surface area contributed by atoms with E-state index >= 15 is 0 Å². The molecule has 2 N–H and O–H groups in total. The van der Waals surface area contributed by atoms with Gasteiger partial charge in [0.15, 0.2) is 0 Å². The summed E-state index contributed by atoms with van der Waals surface area (Å²) in [4.78, 5) is 7.70. The highest BCUT2D eigenvalue weighted by Gasteiger charge is 2.02. The number of hydrogen-bond acceptors (Lipinski definition) is 4. The van der Waals surface area contributed by atoms with Crippen LogP contribution in [-0.2, 0) is 0 Å². The first kappa shape index (κ1) is 6.42. The van der Waals surface area contributed by atoms with Crippen molar-refractivity contribution in [1.29, 1.82) is 0 Å². The molecule has 2 aromatic heterocycles. The largest absolute Gasteiger partial charge is 0.405 e. The number of nitrogens with zero attached hydrogens (tertiary/aromatic N) is 2. The molecule has 11 heavy (non-hydrogen) atoms. The minimum absolute atomic E-state index is 0.106. The third-order valence-corrected chi connectivity index (χ3v) is 1.44. The van der Waals surface area contributed by atoms with Crippen LogP contribution in [0.5, 0.6) is 0 Å². The summed E-state index contributed by atoms with van der Waals surface area (Å²) >= 11 is 5.64. The number of nitrogens with two attached hydrogens (primary N) is 1. The predicted octanol–water partition coefficient (Wildman–Crippen LogP) is 1.46. The van der Waals surface area contributed by atoms with Gasteiger partial charge in [0.1, 0.15) is 5.52 Å². The molecule has 0 fully saturated rings. The summed E-state index contributed by atoms with van der Waals surface area (Å²) in [6.45, 7) is 0. The second-order valence-electron chi connectivity index (χ2n) is 2.03. The standard InChI is InChI=1S/C6H4ClN3O/c7-3-1-4-5(9-2-3)11-6(8)10-4/h1-2H,(H2,8,10). The zero-order valence-electron chi connectivity index (χ0n) is 5.41. The van der Waals surface area contributed by atoms with Gasteiger partial charge in [0.05, 0.1) is 5.02 Å². The molecule has 56 valence electrons. The topological polar surface area (TPSA) is 64.9 Å². The molecule has 0 saturated carbocycles. The first-order valence-electron chi connectivity index (χ1n) is 2.93. The van der Waals surface area contributed by atoms with E-state index in [0.717, 1.165) is 0 Å². The van der Waals surface area contributed by atoms with Gasteiger partial charge in [0.25, 0.3) is 6.01 Å². The Morgan fingerprint density at radius 1 is 1.55 bits per heavy atom. The maximum Gasteiger partial charge on any atom is 0.294 e. The van der Waals surface area contributed by atoms with Crippen molar-refractivity contribution < 1.29 is 4.42 Å². The summed E-state index contributed by atoms with van der Waals surface area (Å²) in [7, 11) is 0. The van der Waals surface area contributed by atoms with Crippen LogP contribution in [0.25, 0.3) is 11.2 Å². The third-order valence-electron chi connectivity index (χ3n) is 1.23. The molecule has 0 aliphatic heterocycles. The molecule has 0 spiro atoms. The zero-order chi connectivity index (χ0) is 7.84. The van der Waals surface area contributed by atoms with Crippen LogP contribution in [0.15, 0.2) is 16.7 Å². The summed E-state index contributed by atoms with van der Waals surface area (Å²) in [6, 6.07) is 1.75. The van der Waals surface area contributed by atoms with Crippen molar-refractivity contribution in [2.24, 2.45) is 0 Å². The van der Waals surface area contributed by atoms with Gasteiger partial charge in [-0.2, -0.15) is 4.98 Å². The number of aromatic nitrogens is 2. The Morgan fingerprint density at radius 3 is 3.18 bits per heavy atom. The van der Waals surface area contributed by atoms with Crippen LogP contribution in [0.3, 0.4) is 0 Å². The molecule has 4 nitrogen and oxygen atoms in total. The Kier molecular flexibility index (Phi) is 1.22. The number of rotatable bonds is 0. The quantitative estimate of drug-likeness (QED) is 0.649. The summed E-state index contributed by atoms with van der Waals surface area (Å²) in [5.41, 5.74) is 6.27. The molecule has 0 aliphatic rings. The molecular weight excluding hydrogens is 166 g/mol. The summed E-state index contributed by atoms with van der Waals surface area (Å²) < 4.78 is 4.92. The Bertz CT molecular complexity index is 398. The van der Waals surface area contributed by atoms with E-state index in [0.29, 0.717) is 16.3 Å². The van der Waals surface area contributed by atoms with E-state index in [1.54, 1.807) is 6.07 Å². The van der Waals surface area contributed by atoms with Crippen molar-refractivity contribution in [2.45, 2.75) is 0 Å². The highest BCUT2D eigenvalue weighted by atomic mass is 35.5. The molecule has 0 saturated heterocycles. The van der Waals surface area contributed by atoms with Gasteiger partial charge in [-0.3, -0.25) is 0 Å². The van der Waals surface area contributed by atoms with E-state index in [1.165, 1.54) is 6.20 Å². The summed E-state index contributed by atoms with van der Waals surface area (Å²) in [6.07, 6.45) is 1.48. The van der Waals surface area contributed by atoms with E-state index in [4.69, 9.17) is 21.8 Å². The van der Waals surface area contributed by atoms with Crippen molar-refractivity contribution in [3.63, 3.8) is 0 Å². The Morgan fingerprint density at radius 2 is 2.36 bits per heavy atom. The third kappa shape index (κ3) is 1.01.